The third-order valence-corrected chi connectivity index (χ3v) is 7.03. The molecule has 0 saturated heterocycles. The lowest BCUT2D eigenvalue weighted by Gasteiger charge is -2.41. The highest BCUT2D eigenvalue weighted by Crippen LogP contribution is 2.27. The lowest BCUT2D eigenvalue weighted by molar-refractivity contribution is -0.133. The highest BCUT2D eigenvalue weighted by molar-refractivity contribution is 6.01. The third-order valence-electron chi connectivity index (χ3n) is 7.03. The number of hydrogen-bond acceptors (Lipinski definition) is 5. The molecule has 9 nitrogen and oxygen atoms in total. The van der Waals surface area contributed by atoms with Crippen LogP contribution in [-0.2, 0) is 17.9 Å². The van der Waals surface area contributed by atoms with Gasteiger partial charge in [-0.1, -0.05) is 37.8 Å². The number of aromatic nitrogens is 2. The molecule has 1 fully saturated rings. The first-order valence-corrected chi connectivity index (χ1v) is 11.9. The molecule has 0 radical (unpaired) electrons. The van der Waals surface area contributed by atoms with Crippen molar-refractivity contribution in [3.8, 4) is 5.75 Å². The number of methoxy groups -OCH3 is 1. The van der Waals surface area contributed by atoms with E-state index < -0.39 is 5.54 Å². The number of likely N-dealkylation sites (N-methyl/N-ethyl adjacent to an activating group) is 1. The van der Waals surface area contributed by atoms with Gasteiger partial charge < -0.3 is 20.3 Å². The van der Waals surface area contributed by atoms with Crippen molar-refractivity contribution in [2.24, 2.45) is 0 Å². The minimum Gasteiger partial charge on any atom is -0.497 e. The van der Waals surface area contributed by atoms with Crippen LogP contribution in [-0.4, -0.2) is 58.1 Å². The number of hydrogen-bond donors (Lipinski definition) is 2. The summed E-state index contributed by atoms with van der Waals surface area (Å²) in [6.45, 7) is 2.26. The predicted molar refractivity (Wildman–Crippen MR) is 127 cm³/mol. The van der Waals surface area contributed by atoms with Crippen molar-refractivity contribution >= 4 is 17.7 Å². The molecule has 1 atom stereocenters. The summed E-state index contributed by atoms with van der Waals surface area (Å²) in [6.07, 6.45) is 6.53. The van der Waals surface area contributed by atoms with Crippen LogP contribution in [0.3, 0.4) is 0 Å². The molecule has 4 rings (SSSR count). The first-order chi connectivity index (χ1) is 16.3. The van der Waals surface area contributed by atoms with E-state index in [1.165, 1.54) is 28.5 Å². The zero-order valence-corrected chi connectivity index (χ0v) is 20.1. The zero-order valence-electron chi connectivity index (χ0n) is 20.1. The smallest absolute Gasteiger partial charge is 0.272 e. The van der Waals surface area contributed by atoms with Crippen LogP contribution in [0, 0.1) is 0 Å². The van der Waals surface area contributed by atoms with Gasteiger partial charge in [0.1, 0.15) is 17.0 Å². The van der Waals surface area contributed by atoms with Gasteiger partial charge in [-0.05, 0) is 37.5 Å². The molecule has 9 heteroatoms. The molecule has 2 N–H and O–H groups in total. The van der Waals surface area contributed by atoms with Crippen LogP contribution in [0.1, 0.15) is 72.0 Å². The molecule has 0 spiro atoms. The summed E-state index contributed by atoms with van der Waals surface area (Å²) in [6, 6.07) is 9.01. The number of fused-ring (bicyclic) bond motifs is 1. The summed E-state index contributed by atoms with van der Waals surface area (Å²) < 4.78 is 6.63. The highest BCUT2D eigenvalue weighted by Gasteiger charge is 2.46. The highest BCUT2D eigenvalue weighted by atomic mass is 16.5. The molecule has 3 amide bonds. The average molecular weight is 468 g/mol. The molecule has 1 saturated carbocycles. The van der Waals surface area contributed by atoms with Crippen molar-refractivity contribution < 1.29 is 19.1 Å². The number of nitrogens with one attached hydrogen (secondary N) is 2. The number of benzene rings is 1. The van der Waals surface area contributed by atoms with Gasteiger partial charge in [0.2, 0.25) is 5.91 Å². The Kier molecular flexibility index (Phi) is 6.90. The molecule has 182 valence electrons. The third kappa shape index (κ3) is 4.78. The minimum absolute atomic E-state index is 0.133. The molecule has 34 heavy (non-hydrogen) atoms. The SMILES string of the molecule is COc1ccc(CNC(=O)c2cc3n(n2)CC(C)(C(=O)NC2CCCCCC2)N(C)C3=O)cc1. The average Bonchev–Trinajstić information content (AvgIpc) is 3.09. The Bertz CT molecular complexity index is 1060. The van der Waals surface area contributed by atoms with E-state index in [1.54, 1.807) is 21.1 Å². The second-order valence-electron chi connectivity index (χ2n) is 9.40. The van der Waals surface area contributed by atoms with Crippen LogP contribution in [0.25, 0.3) is 0 Å². The standard InChI is InChI=1S/C25H33N5O4/c1-25(24(33)27-18-8-6-4-5-7-9-18)16-30-21(23(32)29(25)2)14-20(28-30)22(31)26-15-17-10-12-19(34-3)13-11-17/h10-14,18H,4-9,15-16H2,1-3H3,(H,26,31)(H,27,33). The van der Waals surface area contributed by atoms with Gasteiger partial charge in [-0.3, -0.25) is 19.1 Å². The lowest BCUT2D eigenvalue weighted by Crippen LogP contribution is -2.63. The van der Waals surface area contributed by atoms with Gasteiger partial charge in [0.05, 0.1) is 13.7 Å². The van der Waals surface area contributed by atoms with Gasteiger partial charge in [-0.15, -0.1) is 0 Å². The monoisotopic (exact) mass is 467 g/mol. The fraction of sp³-hybridized carbons (Fsp3) is 0.520. The predicted octanol–water partition coefficient (Wildman–Crippen LogP) is 2.50. The fourth-order valence-electron chi connectivity index (χ4n) is 4.62. The summed E-state index contributed by atoms with van der Waals surface area (Å²) in [4.78, 5) is 40.6. The van der Waals surface area contributed by atoms with E-state index in [4.69, 9.17) is 4.74 Å². The fourth-order valence-corrected chi connectivity index (χ4v) is 4.62. The van der Waals surface area contributed by atoms with Gasteiger partial charge in [0.15, 0.2) is 5.69 Å². The van der Waals surface area contributed by atoms with E-state index in [9.17, 15) is 14.4 Å². The van der Waals surface area contributed by atoms with Crippen LogP contribution in [0.5, 0.6) is 5.75 Å². The summed E-state index contributed by atoms with van der Waals surface area (Å²) in [5.41, 5.74) is 0.284. The van der Waals surface area contributed by atoms with Gasteiger partial charge in [0.25, 0.3) is 11.8 Å². The van der Waals surface area contributed by atoms with Crippen molar-refractivity contribution in [2.75, 3.05) is 14.2 Å². The number of rotatable bonds is 6. The summed E-state index contributed by atoms with van der Waals surface area (Å²) in [7, 11) is 3.23. The maximum absolute atomic E-state index is 13.3. The molecular weight excluding hydrogens is 434 g/mol. The first kappa shape index (κ1) is 23.8. The molecule has 0 bridgehead atoms. The molecule has 2 aliphatic rings. The van der Waals surface area contributed by atoms with E-state index in [0.717, 1.165) is 37.0 Å². The van der Waals surface area contributed by atoms with Gasteiger partial charge >= 0.3 is 0 Å². The summed E-state index contributed by atoms with van der Waals surface area (Å²) in [5, 5.41) is 10.4. The van der Waals surface area contributed by atoms with Crippen LogP contribution in [0.15, 0.2) is 30.3 Å². The summed E-state index contributed by atoms with van der Waals surface area (Å²) >= 11 is 0. The normalized spacial score (nSPS) is 20.9. The first-order valence-electron chi connectivity index (χ1n) is 11.9. The van der Waals surface area contributed by atoms with Crippen LogP contribution in [0.2, 0.25) is 0 Å². The van der Waals surface area contributed by atoms with Crippen LogP contribution < -0.4 is 15.4 Å². The molecule has 1 aliphatic heterocycles. The maximum Gasteiger partial charge on any atom is 0.272 e. The van der Waals surface area contributed by atoms with Gasteiger partial charge in [-0.25, -0.2) is 0 Å². The maximum atomic E-state index is 13.3. The number of nitrogens with zero attached hydrogens (tertiary/aromatic N) is 3. The van der Waals surface area contributed by atoms with Crippen LogP contribution in [0.4, 0.5) is 0 Å². The molecule has 1 aromatic heterocycles. The Morgan fingerprint density at radius 1 is 1.15 bits per heavy atom. The minimum atomic E-state index is -1.08. The van der Waals surface area contributed by atoms with Crippen molar-refractivity contribution in [1.82, 2.24) is 25.3 Å². The zero-order chi connectivity index (χ0) is 24.3. The van der Waals surface area contributed by atoms with E-state index in [0.29, 0.717) is 12.2 Å². The molecule has 2 heterocycles. The second-order valence-corrected chi connectivity index (χ2v) is 9.40. The van der Waals surface area contributed by atoms with E-state index in [2.05, 4.69) is 15.7 Å². The second kappa shape index (κ2) is 9.87. The Labute approximate surface area is 199 Å². The van der Waals surface area contributed by atoms with Gasteiger partial charge in [-0.2, -0.15) is 5.10 Å². The van der Waals surface area contributed by atoms with Crippen molar-refractivity contribution in [1.29, 1.82) is 0 Å². The number of carbonyl (C=O) groups is 3. The lowest BCUT2D eigenvalue weighted by atomic mass is 9.95. The Balaban J connectivity index is 1.45. The molecule has 2 aromatic rings. The Morgan fingerprint density at radius 2 is 1.82 bits per heavy atom. The topological polar surface area (TPSA) is 106 Å². The van der Waals surface area contributed by atoms with Crippen LogP contribution >= 0.6 is 0 Å². The number of amides is 3. The molecule has 1 aliphatic carbocycles. The molecule has 1 unspecified atom stereocenters. The quantitative estimate of drug-likeness (QED) is 0.635. The van der Waals surface area contributed by atoms with Gasteiger partial charge in [0, 0.05) is 25.7 Å². The van der Waals surface area contributed by atoms with Crippen molar-refractivity contribution in [3.05, 3.63) is 47.3 Å². The number of ether oxygens (including phenoxy) is 1. The van der Waals surface area contributed by atoms with E-state index in [1.807, 2.05) is 24.3 Å². The van der Waals surface area contributed by atoms with Crippen molar-refractivity contribution in [2.45, 2.75) is 70.1 Å². The summed E-state index contributed by atoms with van der Waals surface area (Å²) in [5.74, 6) is -0.142. The van der Waals surface area contributed by atoms with E-state index in [-0.39, 0.29) is 36.0 Å². The molecular formula is C25H33N5O4. The molecule has 1 aromatic carbocycles. The Hall–Kier alpha value is -3.36. The largest absolute Gasteiger partial charge is 0.497 e. The van der Waals surface area contributed by atoms with E-state index >= 15 is 0 Å². The van der Waals surface area contributed by atoms with Crippen molar-refractivity contribution in [3.63, 3.8) is 0 Å². The number of carbonyl (C=O) groups excluding carboxylic acids is 3. The Morgan fingerprint density at radius 3 is 2.47 bits per heavy atom.